The van der Waals surface area contributed by atoms with E-state index in [-0.39, 0.29) is 0 Å². The van der Waals surface area contributed by atoms with Crippen molar-refractivity contribution in [2.24, 2.45) is 0 Å². The molecule has 2 nitrogen and oxygen atoms in total. The van der Waals surface area contributed by atoms with Gasteiger partial charge in [-0.3, -0.25) is 4.90 Å². The van der Waals surface area contributed by atoms with Gasteiger partial charge in [0.2, 0.25) is 0 Å². The Kier molecular flexibility index (Phi) is 3.31. The molecule has 0 bridgehead atoms. The van der Waals surface area contributed by atoms with Crippen molar-refractivity contribution >= 4 is 11.8 Å². The van der Waals surface area contributed by atoms with Gasteiger partial charge in [-0.15, -0.1) is 11.8 Å². The van der Waals surface area contributed by atoms with Crippen LogP contribution in [-0.2, 0) is 4.74 Å². The molecule has 0 amide bonds. The van der Waals surface area contributed by atoms with E-state index in [1.54, 1.807) is 0 Å². The molecule has 2 aliphatic heterocycles. The third-order valence-corrected chi connectivity index (χ3v) is 3.74. The highest BCUT2D eigenvalue weighted by molar-refractivity contribution is 7.99. The van der Waals surface area contributed by atoms with Crippen molar-refractivity contribution in [1.82, 2.24) is 4.90 Å². The zero-order valence-corrected chi connectivity index (χ0v) is 8.31. The number of ether oxygens (including phenoxy) is 1. The molecule has 2 saturated heterocycles. The highest BCUT2D eigenvalue weighted by atomic mass is 32.2. The number of rotatable bonds is 1. The molecular formula is C9H17NOS. The third kappa shape index (κ3) is 2.15. The van der Waals surface area contributed by atoms with Crippen LogP contribution in [0.2, 0.25) is 0 Å². The Morgan fingerprint density at radius 1 is 1.33 bits per heavy atom. The van der Waals surface area contributed by atoms with Crippen molar-refractivity contribution < 1.29 is 4.74 Å². The Bertz CT molecular complexity index is 114. The number of hydrogen-bond acceptors (Lipinski definition) is 3. The smallest absolute Gasteiger partial charge is 0.0622 e. The van der Waals surface area contributed by atoms with Gasteiger partial charge in [0.15, 0.2) is 0 Å². The van der Waals surface area contributed by atoms with E-state index in [4.69, 9.17) is 4.74 Å². The van der Waals surface area contributed by atoms with E-state index in [1.807, 2.05) is 0 Å². The molecule has 1 unspecified atom stereocenters. The molecule has 2 aliphatic rings. The fourth-order valence-corrected chi connectivity index (χ4v) is 2.95. The second-order valence-corrected chi connectivity index (χ2v) is 4.65. The van der Waals surface area contributed by atoms with Gasteiger partial charge in [0.25, 0.3) is 0 Å². The van der Waals surface area contributed by atoms with Gasteiger partial charge in [-0.05, 0) is 25.0 Å². The summed E-state index contributed by atoms with van der Waals surface area (Å²) < 4.78 is 5.48. The van der Waals surface area contributed by atoms with Gasteiger partial charge >= 0.3 is 0 Å². The lowest BCUT2D eigenvalue weighted by molar-refractivity contribution is 0.0244. The van der Waals surface area contributed by atoms with Crippen molar-refractivity contribution in [3.05, 3.63) is 0 Å². The van der Waals surface area contributed by atoms with Gasteiger partial charge in [-0.1, -0.05) is 0 Å². The Balaban J connectivity index is 1.80. The highest BCUT2D eigenvalue weighted by Gasteiger charge is 2.22. The lowest BCUT2D eigenvalue weighted by Crippen LogP contribution is -2.43. The summed E-state index contributed by atoms with van der Waals surface area (Å²) in [6.07, 6.45) is 3.97. The molecule has 12 heavy (non-hydrogen) atoms. The predicted octanol–water partition coefficient (Wildman–Crippen LogP) is 1.56. The van der Waals surface area contributed by atoms with Gasteiger partial charge in [0, 0.05) is 25.1 Å². The SMILES string of the molecule is C1COCC(N2CCCSC2)C1. The van der Waals surface area contributed by atoms with E-state index in [0.717, 1.165) is 19.3 Å². The number of hydrogen-bond donors (Lipinski definition) is 0. The number of thioether (sulfide) groups is 1. The van der Waals surface area contributed by atoms with Crippen LogP contribution < -0.4 is 0 Å². The molecule has 0 aliphatic carbocycles. The Labute approximate surface area is 78.6 Å². The Morgan fingerprint density at radius 2 is 2.33 bits per heavy atom. The molecule has 0 aromatic heterocycles. The molecule has 2 heterocycles. The first-order valence-corrected chi connectivity index (χ1v) is 6.02. The quantitative estimate of drug-likeness (QED) is 0.618. The first-order chi connectivity index (χ1) is 5.97. The fourth-order valence-electron chi connectivity index (χ4n) is 1.92. The molecule has 1 atom stereocenters. The summed E-state index contributed by atoms with van der Waals surface area (Å²) in [5, 5.41) is 0. The minimum atomic E-state index is 0.728. The van der Waals surface area contributed by atoms with E-state index >= 15 is 0 Å². The van der Waals surface area contributed by atoms with E-state index < -0.39 is 0 Å². The van der Waals surface area contributed by atoms with Gasteiger partial charge in [0.05, 0.1) is 6.61 Å². The van der Waals surface area contributed by atoms with Crippen LogP contribution in [0.3, 0.4) is 0 Å². The van der Waals surface area contributed by atoms with E-state index in [9.17, 15) is 0 Å². The first-order valence-electron chi connectivity index (χ1n) is 4.86. The normalized spacial score (nSPS) is 33.5. The summed E-state index contributed by atoms with van der Waals surface area (Å²) in [7, 11) is 0. The lowest BCUT2D eigenvalue weighted by Gasteiger charge is -2.36. The predicted molar refractivity (Wildman–Crippen MR) is 52.5 cm³/mol. The Morgan fingerprint density at radius 3 is 3.00 bits per heavy atom. The van der Waals surface area contributed by atoms with E-state index in [1.165, 1.54) is 37.4 Å². The zero-order valence-electron chi connectivity index (χ0n) is 7.50. The van der Waals surface area contributed by atoms with Crippen LogP contribution in [0.5, 0.6) is 0 Å². The average molecular weight is 187 g/mol. The van der Waals surface area contributed by atoms with E-state index in [2.05, 4.69) is 16.7 Å². The topological polar surface area (TPSA) is 12.5 Å². The van der Waals surface area contributed by atoms with Crippen LogP contribution in [0.25, 0.3) is 0 Å². The first kappa shape index (κ1) is 8.85. The molecule has 0 spiro atoms. The van der Waals surface area contributed by atoms with Crippen molar-refractivity contribution in [3.8, 4) is 0 Å². The van der Waals surface area contributed by atoms with Gasteiger partial charge in [0.1, 0.15) is 0 Å². The summed E-state index contributed by atoms with van der Waals surface area (Å²) in [5.41, 5.74) is 0. The molecule has 3 heteroatoms. The maximum Gasteiger partial charge on any atom is 0.0622 e. The minimum absolute atomic E-state index is 0.728. The van der Waals surface area contributed by atoms with E-state index in [0.29, 0.717) is 0 Å². The Hall–Kier alpha value is 0.270. The van der Waals surface area contributed by atoms with Crippen LogP contribution in [-0.4, -0.2) is 42.3 Å². The molecule has 0 N–H and O–H groups in total. The fraction of sp³-hybridized carbons (Fsp3) is 1.00. The third-order valence-electron chi connectivity index (χ3n) is 2.64. The van der Waals surface area contributed by atoms with Crippen LogP contribution in [0, 0.1) is 0 Å². The summed E-state index contributed by atoms with van der Waals surface area (Å²) in [6, 6.07) is 0.728. The van der Waals surface area contributed by atoms with Crippen molar-refractivity contribution in [2.75, 3.05) is 31.4 Å². The molecule has 70 valence electrons. The molecule has 0 saturated carbocycles. The van der Waals surface area contributed by atoms with Crippen molar-refractivity contribution in [1.29, 1.82) is 0 Å². The summed E-state index contributed by atoms with van der Waals surface area (Å²) >= 11 is 2.07. The van der Waals surface area contributed by atoms with Gasteiger partial charge < -0.3 is 4.74 Å². The molecular weight excluding hydrogens is 170 g/mol. The summed E-state index contributed by atoms with van der Waals surface area (Å²) in [6.45, 7) is 3.25. The van der Waals surface area contributed by atoms with Gasteiger partial charge in [-0.2, -0.15) is 0 Å². The van der Waals surface area contributed by atoms with Crippen LogP contribution in [0.1, 0.15) is 19.3 Å². The lowest BCUT2D eigenvalue weighted by atomic mass is 10.1. The maximum absolute atomic E-state index is 5.48. The highest BCUT2D eigenvalue weighted by Crippen LogP contribution is 2.20. The van der Waals surface area contributed by atoms with Crippen molar-refractivity contribution in [2.45, 2.75) is 25.3 Å². The largest absolute Gasteiger partial charge is 0.380 e. The van der Waals surface area contributed by atoms with Crippen LogP contribution in [0.15, 0.2) is 0 Å². The minimum Gasteiger partial charge on any atom is -0.380 e. The zero-order chi connectivity index (χ0) is 8.23. The molecule has 0 aromatic carbocycles. The van der Waals surface area contributed by atoms with Crippen LogP contribution in [0.4, 0.5) is 0 Å². The number of nitrogens with zero attached hydrogens (tertiary/aromatic N) is 1. The summed E-state index contributed by atoms with van der Waals surface area (Å²) in [4.78, 5) is 2.59. The molecule has 0 radical (unpaired) electrons. The standard InChI is InChI=1S/C9H17NOS/c1-3-9(7-11-5-1)10-4-2-6-12-8-10/h9H,1-8H2. The van der Waals surface area contributed by atoms with Crippen molar-refractivity contribution in [3.63, 3.8) is 0 Å². The molecule has 0 aromatic rings. The monoisotopic (exact) mass is 187 g/mol. The van der Waals surface area contributed by atoms with Crippen LogP contribution >= 0.6 is 11.8 Å². The molecule has 2 rings (SSSR count). The maximum atomic E-state index is 5.48. The summed E-state index contributed by atoms with van der Waals surface area (Å²) in [5.74, 6) is 2.58. The average Bonchev–Trinajstić information content (AvgIpc) is 2.21. The molecule has 2 fully saturated rings. The van der Waals surface area contributed by atoms with Gasteiger partial charge in [-0.25, -0.2) is 0 Å². The second kappa shape index (κ2) is 4.49. The second-order valence-electron chi connectivity index (χ2n) is 3.57.